The van der Waals surface area contributed by atoms with Gasteiger partial charge in [-0.2, -0.15) is 0 Å². The molecular weight excluding hydrogens is 150 g/mol. The number of hydrogen-bond acceptors (Lipinski definition) is 1. The molecule has 0 radical (unpaired) electrons. The van der Waals surface area contributed by atoms with Crippen LogP contribution in [-0.2, 0) is 4.74 Å². The highest BCUT2D eigenvalue weighted by molar-refractivity contribution is 4.64. The lowest BCUT2D eigenvalue weighted by molar-refractivity contribution is -0.941. The second-order valence-corrected chi connectivity index (χ2v) is 4.19. The molecule has 0 aromatic rings. The zero-order chi connectivity index (χ0) is 9.19. The topological polar surface area (TPSA) is 9.23 Å². The van der Waals surface area contributed by atoms with Crippen molar-refractivity contribution in [3.63, 3.8) is 0 Å². The Labute approximate surface area is 76.1 Å². The molecule has 0 amide bonds. The minimum Gasteiger partial charge on any atom is -0.366 e. The first kappa shape index (κ1) is 10.0. The van der Waals surface area contributed by atoms with Crippen molar-refractivity contribution < 1.29 is 9.22 Å². The Kier molecular flexibility index (Phi) is 3.13. The second-order valence-electron chi connectivity index (χ2n) is 4.19. The van der Waals surface area contributed by atoms with E-state index in [1.807, 2.05) is 0 Å². The minimum atomic E-state index is 0.492. The van der Waals surface area contributed by atoms with Crippen molar-refractivity contribution in [1.82, 2.24) is 0 Å². The highest BCUT2D eigenvalue weighted by Crippen LogP contribution is 2.20. The zero-order valence-corrected chi connectivity index (χ0v) is 8.84. The van der Waals surface area contributed by atoms with Gasteiger partial charge in [-0.1, -0.05) is 6.92 Å². The van der Waals surface area contributed by atoms with E-state index in [0.29, 0.717) is 12.1 Å². The summed E-state index contributed by atoms with van der Waals surface area (Å²) in [5.74, 6) is 0. The Hall–Kier alpha value is -0.0800. The molecule has 2 nitrogen and oxygen atoms in total. The van der Waals surface area contributed by atoms with Gasteiger partial charge >= 0.3 is 0 Å². The maximum Gasteiger partial charge on any atom is 0.110 e. The van der Waals surface area contributed by atoms with E-state index in [1.54, 1.807) is 0 Å². The van der Waals surface area contributed by atoms with Crippen molar-refractivity contribution in [1.29, 1.82) is 0 Å². The summed E-state index contributed by atoms with van der Waals surface area (Å²) < 4.78 is 6.90. The van der Waals surface area contributed by atoms with Gasteiger partial charge in [0.05, 0.1) is 20.2 Å². The van der Waals surface area contributed by atoms with Crippen LogP contribution in [0.2, 0.25) is 0 Å². The number of nitrogens with zero attached hydrogens (tertiary/aromatic N) is 1. The summed E-state index contributed by atoms with van der Waals surface area (Å²) in [4.78, 5) is 0. The minimum absolute atomic E-state index is 0.492. The van der Waals surface area contributed by atoms with Crippen molar-refractivity contribution >= 4 is 0 Å². The second kappa shape index (κ2) is 3.75. The van der Waals surface area contributed by atoms with Crippen LogP contribution >= 0.6 is 0 Å². The lowest BCUT2D eigenvalue weighted by Crippen LogP contribution is -2.60. The Morgan fingerprint density at radius 2 is 2.08 bits per heavy atom. The van der Waals surface area contributed by atoms with Gasteiger partial charge in [-0.25, -0.2) is 0 Å². The van der Waals surface area contributed by atoms with Crippen LogP contribution in [0, 0.1) is 0 Å². The van der Waals surface area contributed by atoms with Crippen LogP contribution in [0.15, 0.2) is 0 Å². The number of morpholine rings is 1. The van der Waals surface area contributed by atoms with Crippen molar-refractivity contribution in [3.8, 4) is 0 Å². The van der Waals surface area contributed by atoms with Gasteiger partial charge in [0.1, 0.15) is 18.7 Å². The molecule has 1 saturated heterocycles. The van der Waals surface area contributed by atoms with Crippen LogP contribution in [0.25, 0.3) is 0 Å². The third-order valence-electron chi connectivity index (χ3n) is 3.44. The van der Waals surface area contributed by atoms with Gasteiger partial charge in [-0.05, 0) is 20.3 Å². The Bertz CT molecular complexity index is 149. The van der Waals surface area contributed by atoms with Gasteiger partial charge in [0.25, 0.3) is 0 Å². The maximum absolute atomic E-state index is 5.72. The lowest BCUT2D eigenvalue weighted by Gasteiger charge is -2.45. The smallest absolute Gasteiger partial charge is 0.110 e. The van der Waals surface area contributed by atoms with Gasteiger partial charge in [-0.3, -0.25) is 0 Å². The van der Waals surface area contributed by atoms with Gasteiger partial charge in [0, 0.05) is 0 Å². The SMILES string of the molecule is CCC1C[N+](C)(CC)C(C)CO1. The average molecular weight is 172 g/mol. The standard InChI is InChI=1S/C10H22NO/c1-5-10-7-11(4,6-2)9(3)8-12-10/h9-10H,5-8H2,1-4H3/q+1. The molecule has 0 N–H and O–H groups in total. The molecule has 0 saturated carbocycles. The van der Waals surface area contributed by atoms with Crippen molar-refractivity contribution in [2.24, 2.45) is 0 Å². The van der Waals surface area contributed by atoms with Crippen LogP contribution in [0.4, 0.5) is 0 Å². The van der Waals surface area contributed by atoms with Crippen LogP contribution in [0.1, 0.15) is 27.2 Å². The summed E-state index contributed by atoms with van der Waals surface area (Å²) in [5.41, 5.74) is 0. The Morgan fingerprint density at radius 1 is 1.42 bits per heavy atom. The van der Waals surface area contributed by atoms with E-state index in [4.69, 9.17) is 4.74 Å². The lowest BCUT2D eigenvalue weighted by atomic mass is 10.1. The third kappa shape index (κ3) is 1.80. The molecule has 0 aromatic carbocycles. The maximum atomic E-state index is 5.72. The van der Waals surface area contributed by atoms with Crippen LogP contribution in [0.5, 0.6) is 0 Å². The number of likely N-dealkylation sites (N-methyl/N-ethyl adjacent to an activating group) is 1. The molecule has 12 heavy (non-hydrogen) atoms. The summed E-state index contributed by atoms with van der Waals surface area (Å²) in [5, 5.41) is 0. The van der Waals surface area contributed by atoms with E-state index in [2.05, 4.69) is 27.8 Å². The number of rotatable bonds is 2. The first-order valence-electron chi connectivity index (χ1n) is 5.08. The van der Waals surface area contributed by atoms with Crippen LogP contribution < -0.4 is 0 Å². The molecule has 1 fully saturated rings. The van der Waals surface area contributed by atoms with E-state index in [-0.39, 0.29) is 0 Å². The van der Waals surface area contributed by atoms with Crippen molar-refractivity contribution in [2.45, 2.75) is 39.3 Å². The van der Waals surface area contributed by atoms with E-state index in [9.17, 15) is 0 Å². The molecule has 3 atom stereocenters. The van der Waals surface area contributed by atoms with E-state index in [1.165, 1.54) is 17.6 Å². The van der Waals surface area contributed by atoms with Gasteiger partial charge < -0.3 is 9.22 Å². The summed E-state index contributed by atoms with van der Waals surface area (Å²) in [6.45, 7) is 10.1. The molecule has 2 heteroatoms. The molecule has 72 valence electrons. The molecule has 1 heterocycles. The molecular formula is C10H22NO+. The molecule has 0 spiro atoms. The van der Waals surface area contributed by atoms with Gasteiger partial charge in [-0.15, -0.1) is 0 Å². The fraction of sp³-hybridized carbons (Fsp3) is 1.00. The molecule has 1 aliphatic rings. The highest BCUT2D eigenvalue weighted by Gasteiger charge is 2.35. The fourth-order valence-electron chi connectivity index (χ4n) is 1.84. The average Bonchev–Trinajstić information content (AvgIpc) is 2.10. The normalized spacial score (nSPS) is 43.0. The van der Waals surface area contributed by atoms with E-state index >= 15 is 0 Å². The van der Waals surface area contributed by atoms with Crippen LogP contribution in [-0.4, -0.2) is 43.4 Å². The van der Waals surface area contributed by atoms with E-state index in [0.717, 1.165) is 13.0 Å². The third-order valence-corrected chi connectivity index (χ3v) is 3.44. The first-order valence-corrected chi connectivity index (χ1v) is 5.08. The summed E-state index contributed by atoms with van der Waals surface area (Å²) in [7, 11) is 2.34. The zero-order valence-electron chi connectivity index (χ0n) is 8.84. The number of quaternary nitrogens is 1. The summed E-state index contributed by atoms with van der Waals surface area (Å²) in [6.07, 6.45) is 1.65. The van der Waals surface area contributed by atoms with E-state index < -0.39 is 0 Å². The summed E-state index contributed by atoms with van der Waals surface area (Å²) in [6, 6.07) is 0.665. The van der Waals surface area contributed by atoms with Gasteiger partial charge in [0.2, 0.25) is 0 Å². The predicted octanol–water partition coefficient (Wildman–Crippen LogP) is 1.65. The Morgan fingerprint density at radius 3 is 2.58 bits per heavy atom. The quantitative estimate of drug-likeness (QED) is 0.575. The highest BCUT2D eigenvalue weighted by atomic mass is 16.5. The molecule has 0 aliphatic carbocycles. The number of hydrogen-bond donors (Lipinski definition) is 0. The van der Waals surface area contributed by atoms with Crippen LogP contribution in [0.3, 0.4) is 0 Å². The largest absolute Gasteiger partial charge is 0.366 e. The molecule has 0 aromatic heterocycles. The first-order chi connectivity index (χ1) is 5.62. The monoisotopic (exact) mass is 172 g/mol. The predicted molar refractivity (Wildman–Crippen MR) is 51.1 cm³/mol. The summed E-state index contributed by atoms with van der Waals surface area (Å²) >= 11 is 0. The Balaban J connectivity index is 2.58. The van der Waals surface area contributed by atoms with Crippen molar-refractivity contribution in [3.05, 3.63) is 0 Å². The van der Waals surface area contributed by atoms with Gasteiger partial charge in [0.15, 0.2) is 0 Å². The molecule has 1 aliphatic heterocycles. The molecule has 3 unspecified atom stereocenters. The molecule has 0 bridgehead atoms. The molecule has 1 rings (SSSR count). The van der Waals surface area contributed by atoms with Crippen molar-refractivity contribution in [2.75, 3.05) is 26.7 Å². The fourth-order valence-corrected chi connectivity index (χ4v) is 1.84. The number of ether oxygens (including phenoxy) is 1.